The molecule has 1 rings (SSSR count). The fraction of sp³-hybridized carbons (Fsp3) is 0.143. The summed E-state index contributed by atoms with van der Waals surface area (Å²) in [6, 6.07) is 3.82. The molecular formula is C7H8BClO2. The molecule has 0 saturated carbocycles. The lowest BCUT2D eigenvalue weighted by Crippen LogP contribution is -2.29. The van der Waals surface area contributed by atoms with Crippen LogP contribution in [0.1, 0.15) is 9.68 Å². The normalized spacial score (nSPS) is 15.0. The molecule has 0 bridgehead atoms. The van der Waals surface area contributed by atoms with Crippen LogP contribution >= 0.6 is 11.6 Å². The Labute approximate surface area is 74.8 Å². The van der Waals surface area contributed by atoms with E-state index in [1.165, 1.54) is 18.2 Å². The van der Waals surface area contributed by atoms with Gasteiger partial charge in [-0.05, 0) is 23.9 Å². The predicted molar refractivity (Wildman–Crippen MR) is 46.0 cm³/mol. The standard InChI is InChI=1S/C7H8BClO2/c1-5-2-3-6(8(10)11)4-7(5)9/h2-4,10-11H,1H3/i1D3. The van der Waals surface area contributed by atoms with Crippen molar-refractivity contribution in [3.8, 4) is 0 Å². The van der Waals surface area contributed by atoms with Gasteiger partial charge in [0.15, 0.2) is 0 Å². The smallest absolute Gasteiger partial charge is 0.423 e. The SMILES string of the molecule is [2H]C([2H])([2H])c1ccc(B(O)O)cc1Cl. The highest BCUT2D eigenvalue weighted by Crippen LogP contribution is 2.11. The lowest BCUT2D eigenvalue weighted by molar-refractivity contribution is 0.426. The van der Waals surface area contributed by atoms with Crippen LogP contribution in [0.4, 0.5) is 0 Å². The van der Waals surface area contributed by atoms with Crippen LogP contribution in [-0.4, -0.2) is 17.2 Å². The Hall–Kier alpha value is -0.505. The van der Waals surface area contributed by atoms with Crippen molar-refractivity contribution in [1.82, 2.24) is 0 Å². The maximum Gasteiger partial charge on any atom is 0.488 e. The third-order valence-electron chi connectivity index (χ3n) is 1.29. The highest BCUT2D eigenvalue weighted by Gasteiger charge is 2.10. The van der Waals surface area contributed by atoms with Gasteiger partial charge < -0.3 is 10.0 Å². The van der Waals surface area contributed by atoms with E-state index in [1.807, 2.05) is 0 Å². The first kappa shape index (κ1) is 5.20. The van der Waals surface area contributed by atoms with E-state index in [0.717, 1.165) is 0 Å². The molecule has 0 amide bonds. The quantitative estimate of drug-likeness (QED) is 0.601. The number of hydrogen-bond donors (Lipinski definition) is 2. The molecule has 0 spiro atoms. The summed E-state index contributed by atoms with van der Waals surface area (Å²) in [6.07, 6.45) is 0. The van der Waals surface area contributed by atoms with E-state index in [0.29, 0.717) is 0 Å². The molecular weight excluding hydrogens is 162 g/mol. The molecule has 2 N–H and O–H groups in total. The second-order valence-electron chi connectivity index (χ2n) is 2.11. The van der Waals surface area contributed by atoms with Gasteiger partial charge in [0.05, 0.1) is 0 Å². The monoisotopic (exact) mass is 173 g/mol. The fourth-order valence-corrected chi connectivity index (χ4v) is 0.881. The maximum absolute atomic E-state index is 8.80. The fourth-order valence-electron chi connectivity index (χ4n) is 0.692. The van der Waals surface area contributed by atoms with Gasteiger partial charge in [-0.15, -0.1) is 0 Å². The summed E-state index contributed by atoms with van der Waals surface area (Å²) >= 11 is 5.68. The van der Waals surface area contributed by atoms with Crippen LogP contribution in [0.25, 0.3) is 0 Å². The largest absolute Gasteiger partial charge is 0.488 e. The first-order chi connectivity index (χ1) is 6.32. The molecule has 0 atom stereocenters. The van der Waals surface area contributed by atoms with E-state index in [4.69, 9.17) is 25.8 Å². The Balaban J connectivity index is 3.15. The van der Waals surface area contributed by atoms with Crippen molar-refractivity contribution in [3.63, 3.8) is 0 Å². The van der Waals surface area contributed by atoms with Gasteiger partial charge >= 0.3 is 7.12 Å². The van der Waals surface area contributed by atoms with Crippen molar-refractivity contribution < 1.29 is 14.2 Å². The second-order valence-corrected chi connectivity index (χ2v) is 2.52. The van der Waals surface area contributed by atoms with E-state index in [1.54, 1.807) is 0 Å². The molecule has 0 radical (unpaired) electrons. The number of benzene rings is 1. The summed E-state index contributed by atoms with van der Waals surface area (Å²) in [5.41, 5.74) is 0.173. The van der Waals surface area contributed by atoms with Crippen molar-refractivity contribution in [3.05, 3.63) is 28.8 Å². The molecule has 0 heterocycles. The molecule has 1 aromatic rings. The lowest BCUT2D eigenvalue weighted by atomic mass is 9.80. The van der Waals surface area contributed by atoms with E-state index in [9.17, 15) is 0 Å². The van der Waals surface area contributed by atoms with E-state index >= 15 is 0 Å². The number of aryl methyl sites for hydroxylation is 1. The molecule has 11 heavy (non-hydrogen) atoms. The van der Waals surface area contributed by atoms with Crippen molar-refractivity contribution in [2.45, 2.75) is 6.85 Å². The minimum absolute atomic E-state index is 0.00330. The van der Waals surface area contributed by atoms with Gasteiger partial charge in [0.1, 0.15) is 0 Å². The summed E-state index contributed by atoms with van der Waals surface area (Å²) in [4.78, 5) is 0. The summed E-state index contributed by atoms with van der Waals surface area (Å²) in [7, 11) is -1.64. The Kier molecular flexibility index (Phi) is 1.54. The van der Waals surface area contributed by atoms with E-state index < -0.39 is 14.0 Å². The topological polar surface area (TPSA) is 40.5 Å². The van der Waals surface area contributed by atoms with Crippen LogP contribution in [0, 0.1) is 6.85 Å². The molecule has 0 unspecified atom stereocenters. The molecule has 0 aliphatic rings. The van der Waals surface area contributed by atoms with Crippen LogP contribution in [-0.2, 0) is 0 Å². The van der Waals surface area contributed by atoms with Gasteiger partial charge in [-0.3, -0.25) is 0 Å². The molecule has 58 valence electrons. The van der Waals surface area contributed by atoms with Crippen LogP contribution in [0.3, 0.4) is 0 Å². The van der Waals surface area contributed by atoms with Crippen molar-refractivity contribution in [2.75, 3.05) is 0 Å². The average Bonchev–Trinajstić information content (AvgIpc) is 2.01. The van der Waals surface area contributed by atoms with Crippen LogP contribution in [0.2, 0.25) is 5.02 Å². The summed E-state index contributed by atoms with van der Waals surface area (Å²) < 4.78 is 21.3. The van der Waals surface area contributed by atoms with Crippen molar-refractivity contribution in [2.24, 2.45) is 0 Å². The van der Waals surface area contributed by atoms with Gasteiger partial charge in [-0.25, -0.2) is 0 Å². The van der Waals surface area contributed by atoms with Gasteiger partial charge in [0.2, 0.25) is 0 Å². The molecule has 0 aliphatic carbocycles. The van der Waals surface area contributed by atoms with Crippen molar-refractivity contribution >= 4 is 24.2 Å². The first-order valence-corrected chi connectivity index (χ1v) is 3.36. The number of rotatable bonds is 1. The van der Waals surface area contributed by atoms with Crippen molar-refractivity contribution in [1.29, 1.82) is 0 Å². The third kappa shape index (κ3) is 1.96. The second kappa shape index (κ2) is 3.26. The minimum atomic E-state index is -2.28. The average molecular weight is 173 g/mol. The number of hydrogen-bond acceptors (Lipinski definition) is 2. The van der Waals surface area contributed by atoms with Crippen LogP contribution < -0.4 is 5.46 Å². The summed E-state index contributed by atoms with van der Waals surface area (Å²) in [6.45, 7) is -2.28. The highest BCUT2D eigenvalue weighted by atomic mass is 35.5. The van der Waals surface area contributed by atoms with Gasteiger partial charge in [0, 0.05) is 9.13 Å². The maximum atomic E-state index is 8.80. The number of halogens is 1. The molecule has 2 nitrogen and oxygen atoms in total. The predicted octanol–water partition coefficient (Wildman–Crippen LogP) is 0.328. The van der Waals surface area contributed by atoms with Crippen LogP contribution in [0.5, 0.6) is 0 Å². The minimum Gasteiger partial charge on any atom is -0.423 e. The van der Waals surface area contributed by atoms with Crippen LogP contribution in [0.15, 0.2) is 18.2 Å². The van der Waals surface area contributed by atoms with E-state index in [2.05, 4.69) is 0 Å². The lowest BCUT2D eigenvalue weighted by Gasteiger charge is -2.01. The van der Waals surface area contributed by atoms with Gasteiger partial charge in [0.25, 0.3) is 0 Å². The third-order valence-corrected chi connectivity index (χ3v) is 1.60. The Morgan fingerprint density at radius 1 is 1.55 bits per heavy atom. The Bertz CT molecular complexity index is 340. The van der Waals surface area contributed by atoms with Gasteiger partial charge in [-0.2, -0.15) is 0 Å². The zero-order valence-electron chi connectivity index (χ0n) is 8.58. The molecule has 0 saturated heterocycles. The highest BCUT2D eigenvalue weighted by molar-refractivity contribution is 6.59. The zero-order chi connectivity index (χ0) is 10.9. The summed E-state index contributed by atoms with van der Waals surface area (Å²) in [5, 5.41) is 17.6. The van der Waals surface area contributed by atoms with E-state index in [-0.39, 0.29) is 16.0 Å². The first-order valence-electron chi connectivity index (χ1n) is 4.48. The molecule has 4 heteroatoms. The van der Waals surface area contributed by atoms with Gasteiger partial charge in [-0.1, -0.05) is 23.7 Å². The Morgan fingerprint density at radius 2 is 2.27 bits per heavy atom. The Morgan fingerprint density at radius 3 is 2.73 bits per heavy atom. The molecule has 0 fully saturated rings. The molecule has 0 aliphatic heterocycles. The summed E-state index contributed by atoms with van der Waals surface area (Å²) in [5.74, 6) is 0. The molecule has 1 aromatic carbocycles. The zero-order valence-corrected chi connectivity index (χ0v) is 6.34. The molecule has 0 aromatic heterocycles.